The number of hydrogen-bond donors (Lipinski definition) is 0. The maximum atomic E-state index is 4.12. The largest absolute Gasteiger partial charge is 0.256 e. The van der Waals surface area contributed by atoms with Crippen LogP contribution in [-0.4, -0.2) is 18.2 Å². The van der Waals surface area contributed by atoms with Crippen molar-refractivity contribution in [2.45, 2.75) is 26.9 Å². The van der Waals surface area contributed by atoms with E-state index in [0.29, 0.717) is 0 Å². The second kappa shape index (κ2) is 3.53. The lowest BCUT2D eigenvalue weighted by atomic mass is 10.1. The van der Waals surface area contributed by atoms with Gasteiger partial charge in [0.25, 0.3) is 0 Å². The van der Waals surface area contributed by atoms with E-state index in [1.54, 1.807) is 0 Å². The Balaban J connectivity index is 2.31. The van der Waals surface area contributed by atoms with E-state index in [4.69, 9.17) is 0 Å². The van der Waals surface area contributed by atoms with Crippen LogP contribution in [0.5, 0.6) is 0 Å². The maximum Gasteiger partial charge on any atom is 0.139 e. The summed E-state index contributed by atoms with van der Waals surface area (Å²) in [5, 5.41) is 11.9. The Kier molecular flexibility index (Phi) is 2.34. The highest BCUT2D eigenvalue weighted by molar-refractivity contribution is 5.50. The Hall–Kier alpha value is -1.58. The lowest BCUT2D eigenvalue weighted by molar-refractivity contribution is 0.303. The molecule has 0 amide bonds. The molecule has 4 heteroatoms. The molecule has 0 aliphatic carbocycles. The van der Waals surface area contributed by atoms with Crippen LogP contribution in [0.3, 0.4) is 0 Å². The van der Waals surface area contributed by atoms with Crippen LogP contribution in [0.15, 0.2) is 28.6 Å². The fourth-order valence-corrected chi connectivity index (χ4v) is 1.55. The summed E-state index contributed by atoms with van der Waals surface area (Å²) >= 11 is 0. The van der Waals surface area contributed by atoms with Gasteiger partial charge in [-0.2, -0.15) is 0 Å². The normalized spacial score (nSPS) is 20.1. The highest BCUT2D eigenvalue weighted by Gasteiger charge is 2.23. The standard InChI is InChI=1S/C11H16N4/c1-8-5-6-11(7-9(8)2)15-10(3)14(4)12-13-15/h5-7,10H,1-4H3. The van der Waals surface area contributed by atoms with Gasteiger partial charge in [-0.05, 0) is 49.3 Å². The molecule has 2 rings (SSSR count). The summed E-state index contributed by atoms with van der Waals surface area (Å²) in [5.74, 6) is 0. The first-order chi connectivity index (χ1) is 7.09. The minimum absolute atomic E-state index is 0.187. The van der Waals surface area contributed by atoms with Gasteiger partial charge < -0.3 is 0 Å². The van der Waals surface area contributed by atoms with Gasteiger partial charge in [-0.1, -0.05) is 11.3 Å². The molecule has 15 heavy (non-hydrogen) atoms. The Morgan fingerprint density at radius 3 is 2.40 bits per heavy atom. The molecule has 0 N–H and O–H groups in total. The molecule has 0 bridgehead atoms. The topological polar surface area (TPSA) is 31.2 Å². The Bertz CT molecular complexity index is 400. The van der Waals surface area contributed by atoms with Crippen LogP contribution in [-0.2, 0) is 0 Å². The van der Waals surface area contributed by atoms with Crippen molar-refractivity contribution in [3.63, 3.8) is 0 Å². The number of hydrogen-bond acceptors (Lipinski definition) is 4. The van der Waals surface area contributed by atoms with Crippen LogP contribution < -0.4 is 5.01 Å². The highest BCUT2D eigenvalue weighted by atomic mass is 15.8. The lowest BCUT2D eigenvalue weighted by Gasteiger charge is -2.22. The first-order valence-corrected chi connectivity index (χ1v) is 5.10. The quantitative estimate of drug-likeness (QED) is 0.704. The minimum atomic E-state index is 0.187. The first-order valence-electron chi connectivity index (χ1n) is 5.10. The number of aryl methyl sites for hydroxylation is 2. The smallest absolute Gasteiger partial charge is 0.139 e. The fraction of sp³-hybridized carbons (Fsp3) is 0.455. The van der Waals surface area contributed by atoms with Gasteiger partial charge >= 0.3 is 0 Å². The molecule has 80 valence electrons. The van der Waals surface area contributed by atoms with Crippen molar-refractivity contribution >= 4 is 5.69 Å². The van der Waals surface area contributed by atoms with Gasteiger partial charge in [-0.15, -0.1) is 0 Å². The van der Waals surface area contributed by atoms with Gasteiger partial charge in [0.2, 0.25) is 0 Å². The molecular formula is C11H16N4. The second-order valence-electron chi connectivity index (χ2n) is 4.00. The number of rotatable bonds is 1. The Labute approximate surface area is 90.2 Å². The average Bonchev–Trinajstić information content (AvgIpc) is 2.53. The summed E-state index contributed by atoms with van der Waals surface area (Å²) in [7, 11) is 1.93. The van der Waals surface area contributed by atoms with Crippen LogP contribution in [0, 0.1) is 13.8 Å². The number of anilines is 1. The fourth-order valence-electron chi connectivity index (χ4n) is 1.55. The zero-order chi connectivity index (χ0) is 11.0. The molecule has 4 nitrogen and oxygen atoms in total. The Morgan fingerprint density at radius 2 is 1.87 bits per heavy atom. The van der Waals surface area contributed by atoms with Crippen molar-refractivity contribution in [3.05, 3.63) is 29.3 Å². The van der Waals surface area contributed by atoms with Gasteiger partial charge in [-0.25, -0.2) is 5.01 Å². The van der Waals surface area contributed by atoms with Crippen molar-refractivity contribution in [2.24, 2.45) is 10.4 Å². The minimum Gasteiger partial charge on any atom is -0.256 e. The molecule has 1 unspecified atom stereocenters. The van der Waals surface area contributed by atoms with E-state index in [2.05, 4.69) is 49.4 Å². The van der Waals surface area contributed by atoms with E-state index in [1.807, 2.05) is 17.1 Å². The van der Waals surface area contributed by atoms with Crippen molar-refractivity contribution in [1.29, 1.82) is 0 Å². The molecule has 1 heterocycles. The van der Waals surface area contributed by atoms with E-state index in [-0.39, 0.29) is 6.17 Å². The third-order valence-electron chi connectivity index (χ3n) is 2.93. The summed E-state index contributed by atoms with van der Waals surface area (Å²) in [6.45, 7) is 6.30. The maximum absolute atomic E-state index is 4.12. The van der Waals surface area contributed by atoms with Gasteiger partial charge in [0.05, 0.1) is 5.69 Å². The summed E-state index contributed by atoms with van der Waals surface area (Å²) < 4.78 is 0. The predicted molar refractivity (Wildman–Crippen MR) is 60.5 cm³/mol. The lowest BCUT2D eigenvalue weighted by Crippen LogP contribution is -2.33. The summed E-state index contributed by atoms with van der Waals surface area (Å²) in [4.78, 5) is 0. The number of benzene rings is 1. The molecule has 1 aliphatic rings. The van der Waals surface area contributed by atoms with E-state index in [1.165, 1.54) is 11.1 Å². The first kappa shape index (κ1) is 9.96. The molecule has 1 atom stereocenters. The van der Waals surface area contributed by atoms with Gasteiger partial charge in [0.15, 0.2) is 0 Å². The second-order valence-corrected chi connectivity index (χ2v) is 4.00. The molecule has 0 radical (unpaired) electrons. The molecule has 0 saturated carbocycles. The SMILES string of the molecule is Cc1ccc(N2N=NN(C)C2C)cc1C. The van der Waals surface area contributed by atoms with Crippen molar-refractivity contribution in [2.75, 3.05) is 12.1 Å². The average molecular weight is 204 g/mol. The van der Waals surface area contributed by atoms with Gasteiger partial charge in [0, 0.05) is 7.05 Å². The van der Waals surface area contributed by atoms with E-state index in [0.717, 1.165) is 5.69 Å². The summed E-state index contributed by atoms with van der Waals surface area (Å²) in [6.07, 6.45) is 0.187. The molecule has 0 spiro atoms. The molecular weight excluding hydrogens is 188 g/mol. The van der Waals surface area contributed by atoms with E-state index >= 15 is 0 Å². The van der Waals surface area contributed by atoms with E-state index in [9.17, 15) is 0 Å². The zero-order valence-electron chi connectivity index (χ0n) is 9.60. The molecule has 1 aromatic rings. The zero-order valence-corrected chi connectivity index (χ0v) is 9.60. The van der Waals surface area contributed by atoms with Crippen LogP contribution >= 0.6 is 0 Å². The van der Waals surface area contributed by atoms with E-state index < -0.39 is 0 Å². The van der Waals surface area contributed by atoms with Gasteiger partial charge in [0.1, 0.15) is 6.17 Å². The molecule has 0 saturated heterocycles. The molecule has 0 aromatic heterocycles. The highest BCUT2D eigenvalue weighted by Crippen LogP contribution is 2.25. The van der Waals surface area contributed by atoms with Crippen LogP contribution in [0.4, 0.5) is 5.69 Å². The number of nitrogens with zero attached hydrogens (tertiary/aromatic N) is 4. The van der Waals surface area contributed by atoms with Crippen LogP contribution in [0.2, 0.25) is 0 Å². The van der Waals surface area contributed by atoms with Gasteiger partial charge in [-0.3, -0.25) is 5.01 Å². The predicted octanol–water partition coefficient (Wildman–Crippen LogP) is 2.68. The van der Waals surface area contributed by atoms with Crippen LogP contribution in [0.1, 0.15) is 18.1 Å². The van der Waals surface area contributed by atoms with Crippen molar-refractivity contribution in [1.82, 2.24) is 5.01 Å². The monoisotopic (exact) mass is 204 g/mol. The molecule has 1 aliphatic heterocycles. The van der Waals surface area contributed by atoms with Crippen molar-refractivity contribution in [3.8, 4) is 0 Å². The summed E-state index contributed by atoms with van der Waals surface area (Å²) in [6, 6.07) is 6.34. The third kappa shape index (κ3) is 1.67. The summed E-state index contributed by atoms with van der Waals surface area (Å²) in [5.41, 5.74) is 3.68. The van der Waals surface area contributed by atoms with Crippen molar-refractivity contribution < 1.29 is 0 Å². The molecule has 0 fully saturated rings. The third-order valence-corrected chi connectivity index (χ3v) is 2.93. The Morgan fingerprint density at radius 1 is 1.13 bits per heavy atom. The molecule has 1 aromatic carbocycles. The van der Waals surface area contributed by atoms with Crippen LogP contribution in [0.25, 0.3) is 0 Å².